The van der Waals surface area contributed by atoms with E-state index in [0.717, 1.165) is 37.9 Å². The van der Waals surface area contributed by atoms with Crippen molar-refractivity contribution >= 4 is 11.8 Å². The lowest BCUT2D eigenvalue weighted by Crippen LogP contribution is -2.45. The molecule has 4 nitrogen and oxygen atoms in total. The number of pyridine rings is 1. The molecule has 1 aromatic rings. The zero-order valence-electron chi connectivity index (χ0n) is 12.6. The molecule has 2 aliphatic rings. The van der Waals surface area contributed by atoms with Crippen LogP contribution in [0.1, 0.15) is 37.3 Å². The first-order chi connectivity index (χ1) is 10.2. The Bertz CT molecular complexity index is 472. The molecule has 0 aliphatic carbocycles. The van der Waals surface area contributed by atoms with E-state index in [-0.39, 0.29) is 11.6 Å². The van der Waals surface area contributed by atoms with Gasteiger partial charge >= 0.3 is 0 Å². The fourth-order valence-electron chi connectivity index (χ4n) is 3.55. The highest BCUT2D eigenvalue weighted by Crippen LogP contribution is 2.43. The summed E-state index contributed by atoms with van der Waals surface area (Å²) in [4.78, 5) is 4.28. The first kappa shape index (κ1) is 15.1. The van der Waals surface area contributed by atoms with E-state index in [0.29, 0.717) is 11.8 Å². The van der Waals surface area contributed by atoms with E-state index < -0.39 is 0 Å². The van der Waals surface area contributed by atoms with Gasteiger partial charge in [-0.15, -0.1) is 0 Å². The molecule has 2 saturated heterocycles. The second kappa shape index (κ2) is 6.55. The van der Waals surface area contributed by atoms with Crippen molar-refractivity contribution in [1.29, 1.82) is 0 Å². The monoisotopic (exact) mass is 308 g/mol. The fourth-order valence-corrected chi connectivity index (χ4v) is 4.78. The van der Waals surface area contributed by atoms with E-state index in [1.54, 1.807) is 13.3 Å². The smallest absolute Gasteiger partial charge is 0.217 e. The van der Waals surface area contributed by atoms with E-state index in [4.69, 9.17) is 15.2 Å². The van der Waals surface area contributed by atoms with Gasteiger partial charge in [0.15, 0.2) is 0 Å². The molecule has 2 N–H and O–H groups in total. The third-order valence-corrected chi connectivity index (χ3v) is 5.78. The average molecular weight is 308 g/mol. The van der Waals surface area contributed by atoms with E-state index in [1.165, 1.54) is 11.5 Å². The number of hydrogen-bond donors (Lipinski definition) is 1. The largest absolute Gasteiger partial charge is 0.481 e. The van der Waals surface area contributed by atoms with Crippen molar-refractivity contribution in [3.8, 4) is 5.88 Å². The zero-order valence-corrected chi connectivity index (χ0v) is 13.4. The quantitative estimate of drug-likeness (QED) is 0.930. The van der Waals surface area contributed by atoms with E-state index in [9.17, 15) is 0 Å². The molecule has 0 amide bonds. The van der Waals surface area contributed by atoms with Crippen molar-refractivity contribution in [2.24, 2.45) is 11.7 Å². The molecular formula is C16H24N2O2S. The first-order valence-corrected chi connectivity index (χ1v) is 8.86. The summed E-state index contributed by atoms with van der Waals surface area (Å²) in [6.07, 6.45) is 6.15. The molecule has 0 bridgehead atoms. The normalized spacial score (nSPS) is 26.5. The van der Waals surface area contributed by atoms with Gasteiger partial charge in [0.25, 0.3) is 0 Å². The molecule has 21 heavy (non-hydrogen) atoms. The molecule has 0 aromatic carbocycles. The van der Waals surface area contributed by atoms with Gasteiger partial charge in [0.05, 0.1) is 12.7 Å². The molecule has 116 valence electrons. The summed E-state index contributed by atoms with van der Waals surface area (Å²) < 4.78 is 11.5. The van der Waals surface area contributed by atoms with Gasteiger partial charge in [-0.1, -0.05) is 6.07 Å². The molecule has 1 aromatic heterocycles. The zero-order chi connectivity index (χ0) is 14.7. The summed E-state index contributed by atoms with van der Waals surface area (Å²) in [6, 6.07) is 3.95. The van der Waals surface area contributed by atoms with Crippen LogP contribution in [0.25, 0.3) is 0 Å². The van der Waals surface area contributed by atoms with E-state index >= 15 is 0 Å². The van der Waals surface area contributed by atoms with Gasteiger partial charge in [-0.05, 0) is 49.2 Å². The number of nitrogens with two attached hydrogens (primary N) is 1. The summed E-state index contributed by atoms with van der Waals surface area (Å²) in [5, 5.41) is 0. The Hall–Kier alpha value is -0.780. The molecule has 3 heterocycles. The predicted octanol–water partition coefficient (Wildman–Crippen LogP) is 2.78. The van der Waals surface area contributed by atoms with Crippen molar-refractivity contribution in [3.05, 3.63) is 23.9 Å². The lowest BCUT2D eigenvalue weighted by Gasteiger charge is -2.44. The summed E-state index contributed by atoms with van der Waals surface area (Å²) in [5.74, 6) is 3.51. The third kappa shape index (κ3) is 3.20. The molecule has 0 radical (unpaired) electrons. The maximum Gasteiger partial charge on any atom is 0.217 e. The Balaban J connectivity index is 1.76. The topological polar surface area (TPSA) is 57.4 Å². The highest BCUT2D eigenvalue weighted by Gasteiger charge is 2.41. The van der Waals surface area contributed by atoms with Crippen molar-refractivity contribution in [2.45, 2.75) is 37.3 Å². The van der Waals surface area contributed by atoms with Crippen LogP contribution in [-0.2, 0) is 4.74 Å². The molecule has 2 fully saturated rings. The summed E-state index contributed by atoms with van der Waals surface area (Å²) in [7, 11) is 1.66. The highest BCUT2D eigenvalue weighted by molar-refractivity contribution is 7.99. The Kier molecular flexibility index (Phi) is 4.72. The third-order valence-electron chi connectivity index (χ3n) is 4.80. The Morgan fingerprint density at radius 1 is 1.48 bits per heavy atom. The number of thioether (sulfide) groups is 1. The van der Waals surface area contributed by atoms with Crippen LogP contribution in [0.3, 0.4) is 0 Å². The average Bonchev–Trinajstić information content (AvgIpc) is 2.55. The molecule has 2 unspecified atom stereocenters. The minimum Gasteiger partial charge on any atom is -0.481 e. The number of methoxy groups -OCH3 is 1. The number of rotatable bonds is 3. The number of nitrogens with zero attached hydrogens (tertiary/aromatic N) is 1. The van der Waals surface area contributed by atoms with Crippen LogP contribution in [0.5, 0.6) is 5.88 Å². The molecule has 0 saturated carbocycles. The minimum atomic E-state index is -0.0241. The summed E-state index contributed by atoms with van der Waals surface area (Å²) >= 11 is 2.03. The first-order valence-electron chi connectivity index (χ1n) is 7.70. The van der Waals surface area contributed by atoms with Crippen molar-refractivity contribution < 1.29 is 9.47 Å². The van der Waals surface area contributed by atoms with Crippen molar-refractivity contribution in [3.63, 3.8) is 0 Å². The molecule has 2 atom stereocenters. The van der Waals surface area contributed by atoms with Gasteiger partial charge in [0.2, 0.25) is 5.88 Å². The second-order valence-electron chi connectivity index (χ2n) is 6.02. The molecular weight excluding hydrogens is 284 g/mol. The maximum absolute atomic E-state index is 6.56. The van der Waals surface area contributed by atoms with Gasteiger partial charge < -0.3 is 15.2 Å². The lowest BCUT2D eigenvalue weighted by molar-refractivity contribution is -0.106. The van der Waals surface area contributed by atoms with Crippen molar-refractivity contribution in [2.75, 3.05) is 25.2 Å². The van der Waals surface area contributed by atoms with Gasteiger partial charge in [0, 0.05) is 24.4 Å². The maximum atomic E-state index is 6.56. The van der Waals surface area contributed by atoms with Crippen LogP contribution in [0.2, 0.25) is 0 Å². The van der Waals surface area contributed by atoms with Crippen molar-refractivity contribution in [1.82, 2.24) is 4.98 Å². The van der Waals surface area contributed by atoms with Crippen LogP contribution in [0, 0.1) is 5.92 Å². The van der Waals surface area contributed by atoms with Crippen LogP contribution in [-0.4, -0.2) is 35.8 Å². The molecule has 2 aliphatic heterocycles. The Morgan fingerprint density at radius 3 is 3.05 bits per heavy atom. The predicted molar refractivity (Wildman–Crippen MR) is 85.7 cm³/mol. The second-order valence-corrected chi connectivity index (χ2v) is 7.25. The van der Waals surface area contributed by atoms with Gasteiger partial charge in [-0.2, -0.15) is 11.8 Å². The van der Waals surface area contributed by atoms with Crippen LogP contribution >= 0.6 is 11.8 Å². The number of ether oxygens (including phenoxy) is 2. The fraction of sp³-hybridized carbons (Fsp3) is 0.688. The van der Waals surface area contributed by atoms with E-state index in [1.807, 2.05) is 23.9 Å². The Morgan fingerprint density at radius 2 is 2.29 bits per heavy atom. The number of hydrogen-bond acceptors (Lipinski definition) is 5. The molecule has 3 rings (SSSR count). The highest BCUT2D eigenvalue weighted by atomic mass is 32.2. The van der Waals surface area contributed by atoms with Crippen LogP contribution in [0.15, 0.2) is 18.3 Å². The minimum absolute atomic E-state index is 0.0241. The van der Waals surface area contributed by atoms with Gasteiger partial charge in [-0.25, -0.2) is 4.98 Å². The van der Waals surface area contributed by atoms with Gasteiger partial charge in [-0.3, -0.25) is 0 Å². The van der Waals surface area contributed by atoms with Crippen LogP contribution < -0.4 is 10.5 Å². The van der Waals surface area contributed by atoms with E-state index in [2.05, 4.69) is 4.98 Å². The lowest BCUT2D eigenvalue weighted by atomic mass is 9.77. The summed E-state index contributed by atoms with van der Waals surface area (Å²) in [6.45, 7) is 0.825. The van der Waals surface area contributed by atoms with Crippen LogP contribution in [0.4, 0.5) is 0 Å². The Labute approximate surface area is 130 Å². The van der Waals surface area contributed by atoms with Gasteiger partial charge in [0.1, 0.15) is 0 Å². The SMILES string of the molecule is COc1ncccc1C(N)C1CCOC2(CCSCC2)C1. The molecule has 5 heteroatoms. The standard InChI is InChI=1S/C16H24N2O2S/c1-19-15-13(3-2-7-18-15)14(17)12-4-8-20-16(11-12)5-9-21-10-6-16/h2-3,7,12,14H,4-6,8-11,17H2,1H3. The molecule has 1 spiro atoms. The summed E-state index contributed by atoms with van der Waals surface area (Å²) in [5.41, 5.74) is 7.65. The number of aromatic nitrogens is 1.